The Morgan fingerprint density at radius 2 is 1.81 bits per heavy atom. The molecule has 1 aromatic rings. The molecule has 0 radical (unpaired) electrons. The van der Waals surface area contributed by atoms with E-state index in [0.717, 1.165) is 0 Å². The van der Waals surface area contributed by atoms with Gasteiger partial charge in [-0.25, -0.2) is 13.1 Å². The minimum absolute atomic E-state index is 0.0742. The molecule has 7 heteroatoms. The Bertz CT molecular complexity index is 556. The lowest BCUT2D eigenvalue weighted by Gasteiger charge is -2.21. The van der Waals surface area contributed by atoms with E-state index >= 15 is 0 Å². The summed E-state index contributed by atoms with van der Waals surface area (Å²) < 4.78 is 32.0. The highest BCUT2D eigenvalue weighted by molar-refractivity contribution is 7.89. The molecular formula is C14H26N2O4S. The van der Waals surface area contributed by atoms with Crippen LogP contribution in [0, 0.1) is 5.41 Å². The maximum absolute atomic E-state index is 12.1. The van der Waals surface area contributed by atoms with Crippen molar-refractivity contribution in [2.45, 2.75) is 51.8 Å². The highest BCUT2D eigenvalue weighted by Crippen LogP contribution is 2.17. The molecule has 21 heavy (non-hydrogen) atoms. The number of rotatable bonds is 7. The summed E-state index contributed by atoms with van der Waals surface area (Å²) in [5.41, 5.74) is -0.592. The Kier molecular flexibility index (Phi) is 5.60. The molecule has 6 nitrogen and oxygen atoms in total. The van der Waals surface area contributed by atoms with Crippen LogP contribution in [-0.2, 0) is 16.6 Å². The summed E-state index contributed by atoms with van der Waals surface area (Å²) in [6.07, 6.45) is 0. The monoisotopic (exact) mass is 318 g/mol. The van der Waals surface area contributed by atoms with Crippen molar-refractivity contribution in [1.82, 2.24) is 10.0 Å². The van der Waals surface area contributed by atoms with Gasteiger partial charge in [-0.3, -0.25) is 0 Å². The quantitative estimate of drug-likeness (QED) is 0.708. The van der Waals surface area contributed by atoms with Gasteiger partial charge in [0.25, 0.3) is 10.0 Å². The molecule has 1 rings (SSSR count). The summed E-state index contributed by atoms with van der Waals surface area (Å²) in [5, 5.41) is 12.3. The van der Waals surface area contributed by atoms with Gasteiger partial charge in [0.1, 0.15) is 5.76 Å². The molecular weight excluding hydrogens is 292 g/mol. The van der Waals surface area contributed by atoms with Gasteiger partial charge in [-0.05, 0) is 32.9 Å². The summed E-state index contributed by atoms with van der Waals surface area (Å²) in [6, 6.07) is 3.08. The fourth-order valence-electron chi connectivity index (χ4n) is 1.37. The molecule has 1 aromatic heterocycles. The predicted octanol–water partition coefficient (Wildman–Crippen LogP) is 1.46. The summed E-state index contributed by atoms with van der Waals surface area (Å²) in [4.78, 5) is 0. The molecule has 122 valence electrons. The Morgan fingerprint density at radius 3 is 2.33 bits per heavy atom. The molecule has 0 atom stereocenters. The molecule has 0 spiro atoms. The van der Waals surface area contributed by atoms with Crippen LogP contribution < -0.4 is 10.0 Å². The van der Waals surface area contributed by atoms with Crippen molar-refractivity contribution in [3.8, 4) is 0 Å². The highest BCUT2D eigenvalue weighted by Gasteiger charge is 2.24. The van der Waals surface area contributed by atoms with E-state index in [-0.39, 0.29) is 23.8 Å². The standard InChI is InChI=1S/C14H26N2O4S/c1-13(2,3)15-8-11-6-7-12(20-11)21(18,19)16-9-14(4,5)10-17/h6-7,15-17H,8-10H2,1-5H3. The second kappa shape index (κ2) is 6.48. The lowest BCUT2D eigenvalue weighted by molar-refractivity contribution is 0.163. The molecule has 3 N–H and O–H groups in total. The van der Waals surface area contributed by atoms with Crippen molar-refractivity contribution in [3.05, 3.63) is 17.9 Å². The van der Waals surface area contributed by atoms with Gasteiger partial charge in [0.2, 0.25) is 5.09 Å². The van der Waals surface area contributed by atoms with Crippen LogP contribution in [0.5, 0.6) is 0 Å². The van der Waals surface area contributed by atoms with Crippen molar-refractivity contribution in [2.24, 2.45) is 5.41 Å². The smallest absolute Gasteiger partial charge is 0.273 e. The first kappa shape index (κ1) is 18.2. The van der Waals surface area contributed by atoms with E-state index in [9.17, 15) is 8.42 Å². The number of furan rings is 1. The summed E-state index contributed by atoms with van der Waals surface area (Å²) >= 11 is 0. The Balaban J connectivity index is 2.70. The number of nitrogens with one attached hydrogen (secondary N) is 2. The van der Waals surface area contributed by atoms with Gasteiger partial charge in [-0.15, -0.1) is 0 Å². The van der Waals surface area contributed by atoms with E-state index in [2.05, 4.69) is 10.0 Å². The maximum Gasteiger partial charge on any atom is 0.273 e. The Labute approximate surface area is 127 Å². The molecule has 0 unspecified atom stereocenters. The van der Waals surface area contributed by atoms with Crippen molar-refractivity contribution < 1.29 is 17.9 Å². The maximum atomic E-state index is 12.1. The normalized spacial score (nSPS) is 13.6. The van der Waals surface area contributed by atoms with E-state index in [1.54, 1.807) is 19.9 Å². The number of hydrogen-bond acceptors (Lipinski definition) is 5. The van der Waals surface area contributed by atoms with E-state index in [1.165, 1.54) is 6.07 Å². The number of aliphatic hydroxyl groups excluding tert-OH is 1. The van der Waals surface area contributed by atoms with Crippen LogP contribution in [0.25, 0.3) is 0 Å². The summed E-state index contributed by atoms with van der Waals surface area (Å²) in [5.74, 6) is 0.562. The fraction of sp³-hybridized carbons (Fsp3) is 0.714. The van der Waals surface area contributed by atoms with Gasteiger partial charge in [0.15, 0.2) is 0 Å². The average Bonchev–Trinajstić information content (AvgIpc) is 2.83. The van der Waals surface area contributed by atoms with Crippen LogP contribution >= 0.6 is 0 Å². The first-order chi connectivity index (χ1) is 9.45. The molecule has 0 aliphatic rings. The van der Waals surface area contributed by atoms with E-state index < -0.39 is 15.4 Å². The zero-order chi connectivity index (χ0) is 16.3. The Morgan fingerprint density at radius 1 is 1.19 bits per heavy atom. The third kappa shape index (κ3) is 6.17. The fourth-order valence-corrected chi connectivity index (χ4v) is 2.55. The topological polar surface area (TPSA) is 91.6 Å². The minimum Gasteiger partial charge on any atom is -0.447 e. The van der Waals surface area contributed by atoms with Crippen LogP contribution in [0.1, 0.15) is 40.4 Å². The van der Waals surface area contributed by atoms with Gasteiger partial charge in [-0.2, -0.15) is 0 Å². The molecule has 0 saturated heterocycles. The molecule has 0 bridgehead atoms. The highest BCUT2D eigenvalue weighted by atomic mass is 32.2. The molecule has 0 saturated carbocycles. The zero-order valence-corrected chi connectivity index (χ0v) is 14.2. The van der Waals surface area contributed by atoms with Crippen LogP contribution in [0.4, 0.5) is 0 Å². The Hall–Kier alpha value is -0.890. The zero-order valence-electron chi connectivity index (χ0n) is 13.4. The minimum atomic E-state index is -3.69. The predicted molar refractivity (Wildman–Crippen MR) is 81.4 cm³/mol. The molecule has 1 heterocycles. The number of hydrogen-bond donors (Lipinski definition) is 3. The third-order valence-electron chi connectivity index (χ3n) is 2.86. The van der Waals surface area contributed by atoms with Crippen LogP contribution in [0.15, 0.2) is 21.6 Å². The van der Waals surface area contributed by atoms with Crippen LogP contribution in [0.2, 0.25) is 0 Å². The van der Waals surface area contributed by atoms with Crippen LogP contribution in [0.3, 0.4) is 0 Å². The van der Waals surface area contributed by atoms with Crippen molar-refractivity contribution in [2.75, 3.05) is 13.2 Å². The first-order valence-electron chi connectivity index (χ1n) is 6.89. The number of sulfonamides is 1. The van der Waals surface area contributed by atoms with E-state index in [1.807, 2.05) is 20.8 Å². The average molecular weight is 318 g/mol. The number of aliphatic hydroxyl groups is 1. The molecule has 0 aliphatic carbocycles. The SMILES string of the molecule is CC(C)(CO)CNS(=O)(=O)c1ccc(CNC(C)(C)C)o1. The molecule has 0 aliphatic heterocycles. The summed E-state index contributed by atoms with van der Waals surface area (Å²) in [6.45, 7) is 10.1. The third-order valence-corrected chi connectivity index (χ3v) is 4.14. The lowest BCUT2D eigenvalue weighted by Crippen LogP contribution is -2.36. The summed E-state index contributed by atoms with van der Waals surface area (Å²) in [7, 11) is -3.69. The molecule has 0 amide bonds. The van der Waals surface area contributed by atoms with E-state index in [4.69, 9.17) is 9.52 Å². The van der Waals surface area contributed by atoms with E-state index in [0.29, 0.717) is 12.3 Å². The second-order valence-corrected chi connectivity index (χ2v) is 8.67. The van der Waals surface area contributed by atoms with Crippen LogP contribution in [-0.4, -0.2) is 32.2 Å². The van der Waals surface area contributed by atoms with Gasteiger partial charge in [0.05, 0.1) is 6.54 Å². The lowest BCUT2D eigenvalue weighted by atomic mass is 9.96. The van der Waals surface area contributed by atoms with Crippen molar-refractivity contribution in [3.63, 3.8) is 0 Å². The van der Waals surface area contributed by atoms with Crippen molar-refractivity contribution >= 4 is 10.0 Å². The van der Waals surface area contributed by atoms with Gasteiger partial charge < -0.3 is 14.8 Å². The first-order valence-corrected chi connectivity index (χ1v) is 8.38. The van der Waals surface area contributed by atoms with Gasteiger partial charge in [-0.1, -0.05) is 13.8 Å². The largest absolute Gasteiger partial charge is 0.447 e. The molecule has 0 fully saturated rings. The second-order valence-electron chi connectivity index (χ2n) is 6.97. The van der Waals surface area contributed by atoms with Gasteiger partial charge in [0, 0.05) is 24.1 Å². The van der Waals surface area contributed by atoms with Gasteiger partial charge >= 0.3 is 0 Å². The molecule has 0 aromatic carbocycles. The van der Waals surface area contributed by atoms with Crippen molar-refractivity contribution in [1.29, 1.82) is 0 Å².